The SMILES string of the molecule is Cc1c(C)n(CCCN(C)C)c2ccc(Nc3ccc(C(=O)Cc4ccccc4)cc3)cc12. The normalized spacial score (nSPS) is 11.3. The van der Waals surface area contributed by atoms with E-state index in [0.717, 1.165) is 42.0 Å². The highest BCUT2D eigenvalue weighted by molar-refractivity contribution is 5.98. The number of fused-ring (bicyclic) bond motifs is 1. The van der Waals surface area contributed by atoms with Crippen molar-refractivity contribution in [2.45, 2.75) is 33.2 Å². The van der Waals surface area contributed by atoms with E-state index in [2.05, 4.69) is 60.9 Å². The summed E-state index contributed by atoms with van der Waals surface area (Å²) in [6.07, 6.45) is 1.56. The quantitative estimate of drug-likeness (QED) is 0.308. The van der Waals surface area contributed by atoms with E-state index < -0.39 is 0 Å². The molecule has 0 radical (unpaired) electrons. The number of rotatable bonds is 9. The van der Waals surface area contributed by atoms with Gasteiger partial charge in [0, 0.05) is 46.5 Å². The lowest BCUT2D eigenvalue weighted by Gasteiger charge is -2.12. The van der Waals surface area contributed by atoms with E-state index in [0.29, 0.717) is 6.42 Å². The number of Topliss-reactive ketones (excluding diaryl/α,β-unsaturated/α-hetero) is 1. The molecule has 0 unspecified atom stereocenters. The number of carbonyl (C=O) groups is 1. The van der Waals surface area contributed by atoms with E-state index in [1.807, 2.05) is 54.6 Å². The molecular weight excluding hydrogens is 406 g/mol. The van der Waals surface area contributed by atoms with Crippen molar-refractivity contribution in [1.82, 2.24) is 9.47 Å². The van der Waals surface area contributed by atoms with Crippen LogP contribution in [0.3, 0.4) is 0 Å². The van der Waals surface area contributed by atoms with Crippen molar-refractivity contribution in [3.63, 3.8) is 0 Å². The Morgan fingerprint density at radius 1 is 0.909 bits per heavy atom. The first-order valence-corrected chi connectivity index (χ1v) is 11.6. The summed E-state index contributed by atoms with van der Waals surface area (Å²) in [5.74, 6) is 0.135. The summed E-state index contributed by atoms with van der Waals surface area (Å²) in [6, 6.07) is 24.2. The van der Waals surface area contributed by atoms with Crippen LogP contribution in [0.15, 0.2) is 72.8 Å². The highest BCUT2D eigenvalue weighted by Gasteiger charge is 2.12. The molecule has 0 amide bonds. The second-order valence-corrected chi connectivity index (χ2v) is 9.04. The minimum atomic E-state index is 0.135. The predicted octanol–water partition coefficient (Wildman–Crippen LogP) is 6.38. The Kier molecular flexibility index (Phi) is 6.95. The van der Waals surface area contributed by atoms with Gasteiger partial charge in [-0.2, -0.15) is 0 Å². The lowest BCUT2D eigenvalue weighted by Crippen LogP contribution is -2.15. The fourth-order valence-corrected chi connectivity index (χ4v) is 4.35. The summed E-state index contributed by atoms with van der Waals surface area (Å²) in [5, 5.41) is 4.79. The Balaban J connectivity index is 1.47. The lowest BCUT2D eigenvalue weighted by molar-refractivity contribution is 0.0993. The van der Waals surface area contributed by atoms with Crippen molar-refractivity contribution in [2.75, 3.05) is 26.0 Å². The number of nitrogens with zero attached hydrogens (tertiary/aromatic N) is 2. The molecule has 0 bridgehead atoms. The minimum absolute atomic E-state index is 0.135. The standard InChI is InChI=1S/C29H33N3O/c1-21-22(2)32(18-8-17-31(3)4)28-16-15-26(20-27(21)28)30-25-13-11-24(12-14-25)29(33)19-23-9-6-5-7-10-23/h5-7,9-16,20,30H,8,17-19H2,1-4H3. The molecule has 33 heavy (non-hydrogen) atoms. The Hall–Kier alpha value is -3.37. The Morgan fingerprint density at radius 3 is 2.30 bits per heavy atom. The summed E-state index contributed by atoms with van der Waals surface area (Å²) >= 11 is 0. The van der Waals surface area contributed by atoms with Gasteiger partial charge in [0.1, 0.15) is 0 Å². The van der Waals surface area contributed by atoms with Crippen molar-refractivity contribution in [3.8, 4) is 0 Å². The molecule has 1 aromatic heterocycles. The van der Waals surface area contributed by atoms with Crippen molar-refractivity contribution in [1.29, 1.82) is 0 Å². The van der Waals surface area contributed by atoms with E-state index in [9.17, 15) is 4.79 Å². The zero-order chi connectivity index (χ0) is 23.4. The zero-order valence-corrected chi connectivity index (χ0v) is 20.1. The van der Waals surface area contributed by atoms with Gasteiger partial charge in [-0.3, -0.25) is 4.79 Å². The molecule has 4 aromatic rings. The van der Waals surface area contributed by atoms with Gasteiger partial charge in [-0.1, -0.05) is 30.3 Å². The summed E-state index contributed by atoms with van der Waals surface area (Å²) in [6.45, 7) is 6.53. The van der Waals surface area contributed by atoms with Crippen LogP contribution in [0, 0.1) is 13.8 Å². The van der Waals surface area contributed by atoms with Crippen LogP contribution in [-0.2, 0) is 13.0 Å². The van der Waals surface area contributed by atoms with Gasteiger partial charge >= 0.3 is 0 Å². The average molecular weight is 440 g/mol. The largest absolute Gasteiger partial charge is 0.356 e. The molecule has 0 aliphatic heterocycles. The second kappa shape index (κ2) is 10.1. The fourth-order valence-electron chi connectivity index (χ4n) is 4.35. The number of nitrogens with one attached hydrogen (secondary N) is 1. The number of carbonyl (C=O) groups excluding carboxylic acids is 1. The number of ketones is 1. The molecule has 0 aliphatic carbocycles. The summed E-state index contributed by atoms with van der Waals surface area (Å²) < 4.78 is 2.44. The van der Waals surface area contributed by atoms with Gasteiger partial charge in [0.2, 0.25) is 0 Å². The summed E-state index contributed by atoms with van der Waals surface area (Å²) in [5.41, 5.74) is 7.77. The topological polar surface area (TPSA) is 37.3 Å². The van der Waals surface area contributed by atoms with E-state index in [1.165, 1.54) is 22.2 Å². The monoisotopic (exact) mass is 439 g/mol. The van der Waals surface area contributed by atoms with Crippen molar-refractivity contribution < 1.29 is 4.79 Å². The highest BCUT2D eigenvalue weighted by Crippen LogP contribution is 2.29. The minimum Gasteiger partial charge on any atom is -0.356 e. The molecule has 0 aliphatic rings. The maximum absolute atomic E-state index is 12.6. The first-order chi connectivity index (χ1) is 15.9. The van der Waals surface area contributed by atoms with Crippen molar-refractivity contribution >= 4 is 28.1 Å². The zero-order valence-electron chi connectivity index (χ0n) is 20.1. The first-order valence-electron chi connectivity index (χ1n) is 11.6. The van der Waals surface area contributed by atoms with Gasteiger partial charge in [0.05, 0.1) is 0 Å². The summed E-state index contributed by atoms with van der Waals surface area (Å²) in [4.78, 5) is 14.8. The molecule has 0 spiro atoms. The van der Waals surface area contributed by atoms with Crippen LogP contribution in [0.5, 0.6) is 0 Å². The molecule has 0 saturated heterocycles. The Morgan fingerprint density at radius 2 is 1.61 bits per heavy atom. The van der Waals surface area contributed by atoms with Crippen LogP contribution in [-0.4, -0.2) is 35.9 Å². The van der Waals surface area contributed by atoms with E-state index in [1.54, 1.807) is 0 Å². The van der Waals surface area contributed by atoms with Crippen LogP contribution in [0.2, 0.25) is 0 Å². The number of aromatic nitrogens is 1. The van der Waals surface area contributed by atoms with Crippen LogP contribution in [0.1, 0.15) is 33.6 Å². The molecule has 4 nitrogen and oxygen atoms in total. The number of hydrogen-bond acceptors (Lipinski definition) is 3. The number of aryl methyl sites for hydroxylation is 2. The highest BCUT2D eigenvalue weighted by atomic mass is 16.1. The molecule has 1 N–H and O–H groups in total. The maximum atomic E-state index is 12.6. The molecule has 4 heteroatoms. The molecule has 4 rings (SSSR count). The van der Waals surface area contributed by atoms with Crippen LogP contribution < -0.4 is 5.32 Å². The van der Waals surface area contributed by atoms with Gasteiger partial charge < -0.3 is 14.8 Å². The summed E-state index contributed by atoms with van der Waals surface area (Å²) in [7, 11) is 4.24. The number of benzene rings is 3. The van der Waals surface area contributed by atoms with E-state index in [4.69, 9.17) is 0 Å². The third-order valence-corrected chi connectivity index (χ3v) is 6.33. The number of anilines is 2. The smallest absolute Gasteiger partial charge is 0.167 e. The molecule has 0 fully saturated rings. The number of hydrogen-bond donors (Lipinski definition) is 1. The molecule has 0 saturated carbocycles. The molecule has 1 heterocycles. The van der Waals surface area contributed by atoms with Crippen molar-refractivity contribution in [2.24, 2.45) is 0 Å². The Bertz CT molecular complexity index is 1240. The molecule has 0 atom stereocenters. The van der Waals surface area contributed by atoms with Gasteiger partial charge in [-0.05, 0) is 94.5 Å². The predicted molar refractivity (Wildman–Crippen MR) is 139 cm³/mol. The maximum Gasteiger partial charge on any atom is 0.167 e. The molecular formula is C29H33N3O. The van der Waals surface area contributed by atoms with E-state index in [-0.39, 0.29) is 5.78 Å². The molecule has 3 aromatic carbocycles. The van der Waals surface area contributed by atoms with Crippen molar-refractivity contribution in [3.05, 3.63) is 95.2 Å². The first kappa shape index (κ1) is 22.8. The molecule has 170 valence electrons. The van der Waals surface area contributed by atoms with Crippen LogP contribution >= 0.6 is 0 Å². The lowest BCUT2D eigenvalue weighted by atomic mass is 10.0. The van der Waals surface area contributed by atoms with Crippen LogP contribution in [0.4, 0.5) is 11.4 Å². The van der Waals surface area contributed by atoms with Gasteiger partial charge in [0.15, 0.2) is 5.78 Å². The Labute approximate surface area is 196 Å². The third kappa shape index (κ3) is 5.35. The second-order valence-electron chi connectivity index (χ2n) is 9.04. The van der Waals surface area contributed by atoms with Gasteiger partial charge in [-0.25, -0.2) is 0 Å². The third-order valence-electron chi connectivity index (χ3n) is 6.33. The fraction of sp³-hybridized carbons (Fsp3) is 0.276. The van der Waals surface area contributed by atoms with Crippen LogP contribution in [0.25, 0.3) is 10.9 Å². The van der Waals surface area contributed by atoms with E-state index >= 15 is 0 Å². The van der Waals surface area contributed by atoms with Gasteiger partial charge in [-0.15, -0.1) is 0 Å². The average Bonchev–Trinajstić information content (AvgIpc) is 3.04. The van der Waals surface area contributed by atoms with Gasteiger partial charge in [0.25, 0.3) is 0 Å².